The first-order chi connectivity index (χ1) is 8.15. The van der Waals surface area contributed by atoms with Crippen molar-refractivity contribution in [2.24, 2.45) is 5.73 Å². The van der Waals surface area contributed by atoms with Crippen molar-refractivity contribution in [2.45, 2.75) is 6.42 Å². The van der Waals surface area contributed by atoms with Crippen LogP contribution in [0.25, 0.3) is 0 Å². The highest BCUT2D eigenvalue weighted by Crippen LogP contribution is 2.16. The van der Waals surface area contributed by atoms with E-state index in [2.05, 4.69) is 20.0 Å². The van der Waals surface area contributed by atoms with E-state index in [9.17, 15) is 9.59 Å². The molecular formula is C9H8N4O3S. The molecule has 0 aliphatic carbocycles. The van der Waals surface area contributed by atoms with Gasteiger partial charge in [-0.1, -0.05) is 5.16 Å². The molecule has 88 valence electrons. The van der Waals surface area contributed by atoms with Crippen LogP contribution in [0, 0.1) is 0 Å². The average molecular weight is 252 g/mol. The largest absolute Gasteiger partial charge is 0.369 e. The summed E-state index contributed by atoms with van der Waals surface area (Å²) >= 11 is 1.20. The summed E-state index contributed by atoms with van der Waals surface area (Å²) in [6, 6.07) is 1.44. The van der Waals surface area contributed by atoms with E-state index >= 15 is 0 Å². The SMILES string of the molecule is NC(=O)Cc1csc(NC(=O)c2ccno2)n1. The van der Waals surface area contributed by atoms with Gasteiger partial charge in [-0.3, -0.25) is 14.9 Å². The smallest absolute Gasteiger partial charge is 0.296 e. The summed E-state index contributed by atoms with van der Waals surface area (Å²) in [6.07, 6.45) is 1.42. The highest BCUT2D eigenvalue weighted by Gasteiger charge is 2.12. The standard InChI is InChI=1S/C9H8N4O3S/c10-7(14)3-5-4-17-9(12-5)13-8(15)6-1-2-11-16-6/h1-2,4H,3H2,(H2,10,14)(H,12,13,15). The maximum absolute atomic E-state index is 11.5. The summed E-state index contributed by atoms with van der Waals surface area (Å²) in [5.41, 5.74) is 5.55. The molecule has 0 radical (unpaired) electrons. The van der Waals surface area contributed by atoms with Crippen LogP contribution < -0.4 is 11.1 Å². The third kappa shape index (κ3) is 2.88. The Bertz CT molecular complexity index is 534. The number of thiazole rings is 1. The van der Waals surface area contributed by atoms with Gasteiger partial charge in [-0.25, -0.2) is 4.98 Å². The Morgan fingerprint density at radius 2 is 2.35 bits per heavy atom. The van der Waals surface area contributed by atoms with E-state index in [1.54, 1.807) is 5.38 Å². The van der Waals surface area contributed by atoms with Crippen LogP contribution >= 0.6 is 11.3 Å². The van der Waals surface area contributed by atoms with Crippen LogP contribution in [-0.4, -0.2) is 22.0 Å². The summed E-state index contributed by atoms with van der Waals surface area (Å²) in [5, 5.41) is 7.97. The topological polar surface area (TPSA) is 111 Å². The Kier molecular flexibility index (Phi) is 3.15. The lowest BCUT2D eigenvalue weighted by Crippen LogP contribution is -2.14. The molecule has 0 aliphatic rings. The van der Waals surface area contributed by atoms with Crippen molar-refractivity contribution in [3.63, 3.8) is 0 Å². The van der Waals surface area contributed by atoms with Crippen molar-refractivity contribution in [1.82, 2.24) is 10.1 Å². The van der Waals surface area contributed by atoms with Gasteiger partial charge in [-0.05, 0) is 0 Å². The number of anilines is 1. The zero-order valence-corrected chi connectivity index (χ0v) is 9.36. The molecule has 0 fully saturated rings. The molecule has 0 atom stereocenters. The maximum atomic E-state index is 11.5. The predicted octanol–water partition coefficient (Wildman–Crippen LogP) is 0.411. The number of primary amides is 1. The van der Waals surface area contributed by atoms with Crippen molar-refractivity contribution in [2.75, 3.05) is 5.32 Å². The van der Waals surface area contributed by atoms with Crippen molar-refractivity contribution in [3.8, 4) is 0 Å². The third-order valence-electron chi connectivity index (χ3n) is 1.79. The molecule has 2 rings (SSSR count). The number of nitrogens with two attached hydrogens (primary N) is 1. The van der Waals surface area contributed by atoms with Crippen LogP contribution in [0.4, 0.5) is 5.13 Å². The van der Waals surface area contributed by atoms with E-state index in [1.807, 2.05) is 0 Å². The minimum Gasteiger partial charge on any atom is -0.369 e. The van der Waals surface area contributed by atoms with E-state index in [0.717, 1.165) is 0 Å². The maximum Gasteiger partial charge on any atom is 0.296 e. The quantitative estimate of drug-likeness (QED) is 0.818. The molecule has 17 heavy (non-hydrogen) atoms. The molecule has 2 heterocycles. The van der Waals surface area contributed by atoms with E-state index < -0.39 is 11.8 Å². The molecule has 0 bridgehead atoms. The van der Waals surface area contributed by atoms with Crippen LogP contribution in [0.15, 0.2) is 22.2 Å². The van der Waals surface area contributed by atoms with Gasteiger partial charge in [-0.15, -0.1) is 11.3 Å². The van der Waals surface area contributed by atoms with Gasteiger partial charge in [-0.2, -0.15) is 0 Å². The van der Waals surface area contributed by atoms with Gasteiger partial charge >= 0.3 is 0 Å². The van der Waals surface area contributed by atoms with E-state index in [4.69, 9.17) is 5.73 Å². The first-order valence-corrected chi connectivity index (χ1v) is 5.48. The summed E-state index contributed by atoms with van der Waals surface area (Å²) in [7, 11) is 0. The molecule has 8 heteroatoms. The second kappa shape index (κ2) is 4.74. The lowest BCUT2D eigenvalue weighted by molar-refractivity contribution is -0.117. The monoisotopic (exact) mass is 252 g/mol. The van der Waals surface area contributed by atoms with Crippen molar-refractivity contribution < 1.29 is 14.1 Å². The minimum absolute atomic E-state index is 0.0503. The fourth-order valence-electron chi connectivity index (χ4n) is 1.12. The number of hydrogen-bond donors (Lipinski definition) is 2. The molecule has 0 unspecified atom stereocenters. The molecule has 2 aromatic rings. The second-order valence-electron chi connectivity index (χ2n) is 3.12. The summed E-state index contributed by atoms with van der Waals surface area (Å²) < 4.78 is 4.68. The van der Waals surface area contributed by atoms with E-state index in [0.29, 0.717) is 10.8 Å². The van der Waals surface area contributed by atoms with Crippen LogP contribution in [0.5, 0.6) is 0 Å². The highest BCUT2D eigenvalue weighted by atomic mass is 32.1. The number of rotatable bonds is 4. The fraction of sp³-hybridized carbons (Fsp3) is 0.111. The van der Waals surface area contributed by atoms with Crippen LogP contribution in [0.2, 0.25) is 0 Å². The number of aromatic nitrogens is 2. The lowest BCUT2D eigenvalue weighted by Gasteiger charge is -1.96. The van der Waals surface area contributed by atoms with E-state index in [-0.39, 0.29) is 12.2 Å². The van der Waals surface area contributed by atoms with Gasteiger partial charge in [0.2, 0.25) is 11.7 Å². The van der Waals surface area contributed by atoms with Gasteiger partial charge < -0.3 is 10.3 Å². The van der Waals surface area contributed by atoms with Gasteiger partial charge in [0.15, 0.2) is 5.13 Å². The van der Waals surface area contributed by atoms with Crippen molar-refractivity contribution in [3.05, 3.63) is 29.1 Å². The first kappa shape index (κ1) is 11.3. The Hall–Kier alpha value is -2.22. The number of nitrogens with one attached hydrogen (secondary N) is 1. The second-order valence-corrected chi connectivity index (χ2v) is 3.98. The number of amides is 2. The molecule has 0 spiro atoms. The van der Waals surface area contributed by atoms with Gasteiger partial charge in [0.05, 0.1) is 18.3 Å². The number of carbonyl (C=O) groups is 2. The van der Waals surface area contributed by atoms with Gasteiger partial charge in [0.1, 0.15) is 0 Å². The zero-order valence-electron chi connectivity index (χ0n) is 8.54. The number of carbonyl (C=O) groups excluding carboxylic acids is 2. The molecule has 2 amide bonds. The fourth-order valence-corrected chi connectivity index (χ4v) is 1.82. The first-order valence-electron chi connectivity index (χ1n) is 4.60. The molecule has 0 aromatic carbocycles. The minimum atomic E-state index is -0.469. The molecule has 0 saturated heterocycles. The Balaban J connectivity index is 2.02. The third-order valence-corrected chi connectivity index (χ3v) is 2.60. The van der Waals surface area contributed by atoms with Crippen LogP contribution in [0.3, 0.4) is 0 Å². The van der Waals surface area contributed by atoms with Crippen molar-refractivity contribution in [1.29, 1.82) is 0 Å². The normalized spacial score (nSPS) is 10.1. The summed E-state index contributed by atoms with van der Waals surface area (Å²) in [6.45, 7) is 0. The molecule has 3 N–H and O–H groups in total. The predicted molar refractivity (Wildman–Crippen MR) is 59.5 cm³/mol. The molecule has 0 saturated carbocycles. The zero-order chi connectivity index (χ0) is 12.3. The Labute approximate surface area is 99.6 Å². The lowest BCUT2D eigenvalue weighted by atomic mass is 10.3. The molecule has 2 aromatic heterocycles. The van der Waals surface area contributed by atoms with Gasteiger partial charge in [0.25, 0.3) is 5.91 Å². The molecular weight excluding hydrogens is 244 g/mol. The van der Waals surface area contributed by atoms with Crippen LogP contribution in [-0.2, 0) is 11.2 Å². The summed E-state index contributed by atoms with van der Waals surface area (Å²) in [5.74, 6) is -0.817. The number of nitrogens with zero attached hydrogens (tertiary/aromatic N) is 2. The molecule has 7 nitrogen and oxygen atoms in total. The van der Waals surface area contributed by atoms with Gasteiger partial charge in [0, 0.05) is 11.4 Å². The Morgan fingerprint density at radius 1 is 1.53 bits per heavy atom. The Morgan fingerprint density at radius 3 is 3.00 bits per heavy atom. The number of hydrogen-bond acceptors (Lipinski definition) is 6. The van der Waals surface area contributed by atoms with Crippen molar-refractivity contribution >= 4 is 28.3 Å². The highest BCUT2D eigenvalue weighted by molar-refractivity contribution is 7.14. The molecule has 0 aliphatic heterocycles. The van der Waals surface area contributed by atoms with Crippen LogP contribution in [0.1, 0.15) is 16.2 Å². The summed E-state index contributed by atoms with van der Waals surface area (Å²) in [4.78, 5) is 26.2. The van der Waals surface area contributed by atoms with E-state index in [1.165, 1.54) is 23.6 Å². The average Bonchev–Trinajstić information content (AvgIpc) is 2.87.